The minimum absolute atomic E-state index is 0.0385. The van der Waals surface area contributed by atoms with E-state index in [1.807, 2.05) is 0 Å². The first-order chi connectivity index (χ1) is 9.44. The molecule has 0 bridgehead atoms. The van der Waals surface area contributed by atoms with Crippen LogP contribution < -0.4 is 4.74 Å². The maximum atomic E-state index is 13.9. The molecule has 1 aromatic carbocycles. The van der Waals surface area contributed by atoms with Crippen molar-refractivity contribution >= 4 is 28.6 Å². The number of carbonyl (C=O) groups is 1. The average Bonchev–Trinajstić information content (AvgIpc) is 2.46. The number of phenols is 1. The van der Waals surface area contributed by atoms with Gasteiger partial charge in [-0.2, -0.15) is 4.99 Å². The Morgan fingerprint density at radius 3 is 2.60 bits per heavy atom. The van der Waals surface area contributed by atoms with Crippen molar-refractivity contribution in [2.75, 3.05) is 20.5 Å². The molecule has 1 aromatic rings. The van der Waals surface area contributed by atoms with Crippen LogP contribution >= 0.6 is 11.8 Å². The topological polar surface area (TPSA) is 92.0 Å². The zero-order valence-corrected chi connectivity index (χ0v) is 11.9. The first-order valence-corrected chi connectivity index (χ1v) is 6.53. The molecule has 0 saturated heterocycles. The van der Waals surface area contributed by atoms with E-state index in [9.17, 15) is 14.3 Å². The van der Waals surface area contributed by atoms with Crippen molar-refractivity contribution < 1.29 is 23.8 Å². The van der Waals surface area contributed by atoms with Crippen LogP contribution in [0, 0.1) is 11.2 Å². The number of aliphatic imine (C=N–C) groups is 1. The Labute approximate surface area is 119 Å². The fourth-order valence-electron chi connectivity index (χ4n) is 1.33. The molecule has 2 N–H and O–H groups in total. The van der Waals surface area contributed by atoms with Crippen molar-refractivity contribution in [3.8, 4) is 11.5 Å². The molecule has 0 aliphatic rings. The number of methoxy groups -OCH3 is 2. The van der Waals surface area contributed by atoms with Crippen molar-refractivity contribution in [2.45, 2.75) is 0 Å². The summed E-state index contributed by atoms with van der Waals surface area (Å²) in [4.78, 5) is 14.6. The Morgan fingerprint density at radius 2 is 2.10 bits per heavy atom. The summed E-state index contributed by atoms with van der Waals surface area (Å²) < 4.78 is 23.1. The van der Waals surface area contributed by atoms with E-state index >= 15 is 0 Å². The van der Waals surface area contributed by atoms with Gasteiger partial charge >= 0.3 is 6.09 Å². The van der Waals surface area contributed by atoms with Gasteiger partial charge in [0.15, 0.2) is 11.6 Å². The Hall–Kier alpha value is -2.09. The van der Waals surface area contributed by atoms with Gasteiger partial charge in [0.1, 0.15) is 10.8 Å². The molecule has 0 atom stereocenters. The standard InChI is InChI=1S/C12H13FN2O4S/c1-18-6-4-7(9(13)8(16)5-6)10(14)11(20-3)15-12(17)19-2/h4-5,14,16H,1-3H3. The lowest BCUT2D eigenvalue weighted by Crippen LogP contribution is -2.15. The van der Waals surface area contributed by atoms with Crippen molar-refractivity contribution in [1.29, 1.82) is 5.41 Å². The van der Waals surface area contributed by atoms with Crippen LogP contribution in [0.5, 0.6) is 11.5 Å². The van der Waals surface area contributed by atoms with Gasteiger partial charge in [-0.15, -0.1) is 11.8 Å². The lowest BCUT2D eigenvalue weighted by atomic mass is 10.1. The number of benzene rings is 1. The molecule has 1 rings (SSSR count). The molecule has 108 valence electrons. The molecule has 20 heavy (non-hydrogen) atoms. The molecule has 8 heteroatoms. The van der Waals surface area contributed by atoms with Gasteiger partial charge in [0, 0.05) is 11.6 Å². The molecule has 0 spiro atoms. The minimum atomic E-state index is -0.984. The van der Waals surface area contributed by atoms with Crippen molar-refractivity contribution in [3.05, 3.63) is 23.5 Å². The third kappa shape index (κ3) is 3.47. The molecule has 0 aliphatic carbocycles. The second-order valence-corrected chi connectivity index (χ2v) is 4.27. The second kappa shape index (κ2) is 6.90. The number of nitrogens with zero attached hydrogens (tertiary/aromatic N) is 1. The lowest BCUT2D eigenvalue weighted by Gasteiger charge is -2.10. The summed E-state index contributed by atoms with van der Waals surface area (Å²) in [6, 6.07) is 2.32. The normalized spacial score (nSPS) is 11.1. The third-order valence-corrected chi connectivity index (χ3v) is 2.99. The number of aromatic hydroxyl groups is 1. The highest BCUT2D eigenvalue weighted by Crippen LogP contribution is 2.27. The first-order valence-electron chi connectivity index (χ1n) is 5.31. The number of hydrogen-bond acceptors (Lipinski definition) is 6. The number of nitrogens with one attached hydrogen (secondary N) is 1. The first kappa shape index (κ1) is 16.0. The average molecular weight is 300 g/mol. The summed E-state index contributed by atoms with van der Waals surface area (Å²) >= 11 is 0.980. The fourth-order valence-corrected chi connectivity index (χ4v) is 1.81. The van der Waals surface area contributed by atoms with Crippen LogP contribution in [0.1, 0.15) is 5.56 Å². The van der Waals surface area contributed by atoms with Crippen LogP contribution in [0.4, 0.5) is 9.18 Å². The third-order valence-electron chi connectivity index (χ3n) is 2.31. The van der Waals surface area contributed by atoms with Gasteiger partial charge < -0.3 is 14.6 Å². The number of rotatable bonds is 3. The summed E-state index contributed by atoms with van der Waals surface area (Å²) in [7, 11) is 2.49. The van der Waals surface area contributed by atoms with E-state index in [-0.39, 0.29) is 22.1 Å². The van der Waals surface area contributed by atoms with Gasteiger partial charge in [-0.05, 0) is 12.3 Å². The van der Waals surface area contributed by atoms with Crippen LogP contribution in [-0.4, -0.2) is 42.4 Å². The molecule has 0 heterocycles. The van der Waals surface area contributed by atoms with Gasteiger partial charge in [-0.1, -0.05) is 0 Å². The molecule has 0 aromatic heterocycles. The highest BCUT2D eigenvalue weighted by Gasteiger charge is 2.19. The number of amides is 1. The van der Waals surface area contributed by atoms with Gasteiger partial charge in [0.25, 0.3) is 0 Å². The number of ether oxygens (including phenoxy) is 2. The molecular formula is C12H13FN2O4S. The van der Waals surface area contributed by atoms with E-state index in [1.165, 1.54) is 13.2 Å². The second-order valence-electron chi connectivity index (χ2n) is 3.47. The summed E-state index contributed by atoms with van der Waals surface area (Å²) in [5.74, 6) is -1.45. The molecule has 0 unspecified atom stereocenters. The molecule has 1 amide bonds. The number of hydrogen-bond donors (Lipinski definition) is 2. The minimum Gasteiger partial charge on any atom is -0.505 e. The monoisotopic (exact) mass is 300 g/mol. The zero-order chi connectivity index (χ0) is 15.3. The van der Waals surface area contributed by atoms with E-state index in [0.29, 0.717) is 0 Å². The van der Waals surface area contributed by atoms with E-state index < -0.39 is 17.7 Å². The van der Waals surface area contributed by atoms with Crippen LogP contribution in [0.25, 0.3) is 0 Å². The molecular weight excluding hydrogens is 287 g/mol. The molecule has 0 radical (unpaired) electrons. The predicted octanol–water partition coefficient (Wildman–Crippen LogP) is 2.44. The van der Waals surface area contributed by atoms with Crippen LogP contribution in [0.2, 0.25) is 0 Å². The van der Waals surface area contributed by atoms with Crippen molar-refractivity contribution in [2.24, 2.45) is 4.99 Å². The Balaban J connectivity index is 3.29. The Bertz CT molecular complexity index is 575. The highest BCUT2D eigenvalue weighted by molar-refractivity contribution is 8.15. The van der Waals surface area contributed by atoms with Gasteiger partial charge in [-0.3, -0.25) is 5.41 Å². The van der Waals surface area contributed by atoms with E-state index in [4.69, 9.17) is 10.1 Å². The van der Waals surface area contributed by atoms with Gasteiger partial charge in [0.05, 0.1) is 19.9 Å². The van der Waals surface area contributed by atoms with Crippen LogP contribution in [0.15, 0.2) is 17.1 Å². The molecule has 0 aliphatic heterocycles. The van der Waals surface area contributed by atoms with E-state index in [0.717, 1.165) is 24.9 Å². The Kier molecular flexibility index (Phi) is 5.51. The highest BCUT2D eigenvalue weighted by atomic mass is 32.2. The number of halogens is 1. The summed E-state index contributed by atoms with van der Waals surface area (Å²) in [6.45, 7) is 0. The van der Waals surface area contributed by atoms with Crippen LogP contribution in [0.3, 0.4) is 0 Å². The largest absolute Gasteiger partial charge is 0.505 e. The van der Waals surface area contributed by atoms with E-state index in [2.05, 4.69) is 9.73 Å². The van der Waals surface area contributed by atoms with E-state index in [1.54, 1.807) is 6.26 Å². The summed E-state index contributed by atoms with van der Waals surface area (Å²) in [5.41, 5.74) is -0.576. The Morgan fingerprint density at radius 1 is 1.45 bits per heavy atom. The number of thioether (sulfide) groups is 1. The summed E-state index contributed by atoms with van der Waals surface area (Å²) in [6.07, 6.45) is 0.681. The zero-order valence-electron chi connectivity index (χ0n) is 11.1. The summed E-state index contributed by atoms with van der Waals surface area (Å²) in [5, 5.41) is 17.3. The number of phenolic OH excluding ortho intramolecular Hbond substituents is 1. The van der Waals surface area contributed by atoms with Gasteiger partial charge in [0.2, 0.25) is 0 Å². The maximum absolute atomic E-state index is 13.9. The smallest absolute Gasteiger partial charge is 0.434 e. The maximum Gasteiger partial charge on any atom is 0.434 e. The number of carbonyl (C=O) groups excluding carboxylic acids is 1. The van der Waals surface area contributed by atoms with Crippen LogP contribution in [-0.2, 0) is 4.74 Å². The van der Waals surface area contributed by atoms with Gasteiger partial charge in [-0.25, -0.2) is 9.18 Å². The SMILES string of the molecule is COC(=O)N=C(SC)C(=N)c1cc(OC)cc(O)c1F. The van der Waals surface area contributed by atoms with Crippen molar-refractivity contribution in [1.82, 2.24) is 0 Å². The fraction of sp³-hybridized carbons (Fsp3) is 0.250. The molecule has 0 fully saturated rings. The predicted molar refractivity (Wildman–Crippen MR) is 74.8 cm³/mol. The molecule has 6 nitrogen and oxygen atoms in total. The van der Waals surface area contributed by atoms with Crippen molar-refractivity contribution in [3.63, 3.8) is 0 Å². The molecule has 0 saturated carbocycles. The lowest BCUT2D eigenvalue weighted by molar-refractivity contribution is 0.183. The quantitative estimate of drug-likeness (QED) is 0.660.